The van der Waals surface area contributed by atoms with E-state index in [-0.39, 0.29) is 18.9 Å². The van der Waals surface area contributed by atoms with Crippen molar-refractivity contribution in [3.63, 3.8) is 0 Å². The summed E-state index contributed by atoms with van der Waals surface area (Å²) in [5.74, 6) is -2.62. The van der Waals surface area contributed by atoms with E-state index < -0.39 is 30.2 Å². The number of aromatic nitrogens is 1. The smallest absolute Gasteiger partial charge is 0.334 e. The summed E-state index contributed by atoms with van der Waals surface area (Å²) in [5.41, 5.74) is 1.89. The lowest BCUT2D eigenvalue weighted by Crippen LogP contribution is -2.37. The SMILES string of the molecule is CCN1C(=O)C(=O)N(CC(=O)c2cc(C)n(CCCC(=O)OC)c2C)C1=O. The summed E-state index contributed by atoms with van der Waals surface area (Å²) in [4.78, 5) is 61.2. The molecule has 27 heavy (non-hydrogen) atoms. The van der Waals surface area contributed by atoms with Crippen molar-refractivity contribution in [3.8, 4) is 0 Å². The molecule has 0 bridgehead atoms. The van der Waals surface area contributed by atoms with E-state index >= 15 is 0 Å². The number of aryl methyl sites for hydroxylation is 1. The van der Waals surface area contributed by atoms with Crippen LogP contribution in [0.25, 0.3) is 0 Å². The van der Waals surface area contributed by atoms with E-state index in [0.29, 0.717) is 29.1 Å². The molecule has 1 saturated heterocycles. The van der Waals surface area contributed by atoms with Crippen LogP contribution in [-0.4, -0.2) is 64.2 Å². The van der Waals surface area contributed by atoms with Crippen LogP contribution >= 0.6 is 0 Å². The third-order valence-corrected chi connectivity index (χ3v) is 4.62. The van der Waals surface area contributed by atoms with Gasteiger partial charge in [0.15, 0.2) is 5.78 Å². The standard InChI is InChI=1S/C18H23N3O6/c1-5-19-16(24)17(25)21(18(19)26)10-14(22)13-9-11(2)20(12(13)3)8-6-7-15(23)27-4/h9H,5-8,10H2,1-4H3. The first kappa shape index (κ1) is 20.3. The van der Waals surface area contributed by atoms with Gasteiger partial charge in [0.1, 0.15) is 0 Å². The fourth-order valence-electron chi connectivity index (χ4n) is 3.11. The highest BCUT2D eigenvalue weighted by molar-refractivity contribution is 6.45. The molecule has 4 amide bonds. The van der Waals surface area contributed by atoms with Gasteiger partial charge in [-0.3, -0.25) is 24.1 Å². The quantitative estimate of drug-likeness (QED) is 0.290. The zero-order valence-corrected chi connectivity index (χ0v) is 15.9. The minimum absolute atomic E-state index is 0.0722. The van der Waals surface area contributed by atoms with Gasteiger partial charge in [-0.2, -0.15) is 0 Å². The molecule has 1 aliphatic rings. The van der Waals surface area contributed by atoms with E-state index in [0.717, 1.165) is 10.6 Å². The lowest BCUT2D eigenvalue weighted by Gasteiger charge is -2.13. The Bertz CT molecular complexity index is 810. The third-order valence-electron chi connectivity index (χ3n) is 4.62. The van der Waals surface area contributed by atoms with Crippen molar-refractivity contribution >= 4 is 29.6 Å². The number of carbonyl (C=O) groups excluding carboxylic acids is 5. The zero-order chi connectivity index (χ0) is 20.3. The molecule has 0 saturated carbocycles. The highest BCUT2D eigenvalue weighted by atomic mass is 16.5. The Labute approximate surface area is 156 Å². The van der Waals surface area contributed by atoms with Crippen molar-refractivity contribution in [2.24, 2.45) is 0 Å². The summed E-state index contributed by atoms with van der Waals surface area (Å²) in [6.07, 6.45) is 0.822. The molecule has 0 unspecified atom stereocenters. The number of imide groups is 2. The van der Waals surface area contributed by atoms with Crippen LogP contribution < -0.4 is 0 Å². The second-order valence-corrected chi connectivity index (χ2v) is 6.26. The predicted molar refractivity (Wildman–Crippen MR) is 94.0 cm³/mol. The van der Waals surface area contributed by atoms with Gasteiger partial charge in [-0.1, -0.05) is 0 Å². The highest BCUT2D eigenvalue weighted by Crippen LogP contribution is 2.19. The van der Waals surface area contributed by atoms with Gasteiger partial charge in [-0.15, -0.1) is 0 Å². The number of hydrogen-bond donors (Lipinski definition) is 0. The number of methoxy groups -OCH3 is 1. The van der Waals surface area contributed by atoms with Crippen LogP contribution in [0.1, 0.15) is 41.5 Å². The molecule has 9 nitrogen and oxygen atoms in total. The molecule has 1 fully saturated rings. The lowest BCUT2D eigenvalue weighted by molar-refractivity contribution is -0.143. The van der Waals surface area contributed by atoms with Crippen LogP contribution in [0.5, 0.6) is 0 Å². The Morgan fingerprint density at radius 3 is 2.26 bits per heavy atom. The maximum atomic E-state index is 12.6. The van der Waals surface area contributed by atoms with Crippen LogP contribution in [0.15, 0.2) is 6.07 Å². The molecule has 0 N–H and O–H groups in total. The van der Waals surface area contributed by atoms with Crippen LogP contribution in [0, 0.1) is 13.8 Å². The van der Waals surface area contributed by atoms with Crippen molar-refractivity contribution in [1.82, 2.24) is 14.4 Å². The number of carbonyl (C=O) groups is 5. The summed E-state index contributed by atoms with van der Waals surface area (Å²) in [5, 5.41) is 0. The van der Waals surface area contributed by atoms with Crippen molar-refractivity contribution in [2.45, 2.75) is 40.2 Å². The highest BCUT2D eigenvalue weighted by Gasteiger charge is 2.44. The molecule has 2 rings (SSSR count). The molecule has 1 aromatic rings. The van der Waals surface area contributed by atoms with Gasteiger partial charge in [-0.05, 0) is 33.3 Å². The first-order valence-corrected chi connectivity index (χ1v) is 8.66. The third kappa shape index (κ3) is 3.91. The molecule has 9 heteroatoms. The van der Waals surface area contributed by atoms with E-state index in [1.54, 1.807) is 19.9 Å². The fourth-order valence-corrected chi connectivity index (χ4v) is 3.11. The van der Waals surface area contributed by atoms with Gasteiger partial charge in [0.25, 0.3) is 0 Å². The second-order valence-electron chi connectivity index (χ2n) is 6.26. The number of urea groups is 1. The van der Waals surface area contributed by atoms with E-state index in [9.17, 15) is 24.0 Å². The van der Waals surface area contributed by atoms with Gasteiger partial charge in [0, 0.05) is 36.5 Å². The van der Waals surface area contributed by atoms with Crippen LogP contribution in [0.3, 0.4) is 0 Å². The molecule has 0 aromatic carbocycles. The number of hydrogen-bond acceptors (Lipinski definition) is 6. The maximum absolute atomic E-state index is 12.6. The first-order valence-electron chi connectivity index (χ1n) is 8.66. The number of ether oxygens (including phenoxy) is 1. The molecule has 1 aromatic heterocycles. The average molecular weight is 377 g/mol. The van der Waals surface area contributed by atoms with Crippen LogP contribution in [-0.2, 0) is 25.7 Å². The number of Topliss-reactive ketones (excluding diaryl/α,β-unsaturated/α-hetero) is 1. The zero-order valence-electron chi connectivity index (χ0n) is 15.9. The number of nitrogens with zero attached hydrogens (tertiary/aromatic N) is 3. The number of ketones is 1. The lowest BCUT2D eigenvalue weighted by atomic mass is 10.1. The largest absolute Gasteiger partial charge is 0.469 e. The molecular weight excluding hydrogens is 354 g/mol. The van der Waals surface area contributed by atoms with E-state index in [2.05, 4.69) is 4.74 Å². The van der Waals surface area contributed by atoms with Crippen molar-refractivity contribution in [1.29, 1.82) is 0 Å². The molecule has 2 heterocycles. The van der Waals surface area contributed by atoms with Crippen LogP contribution in [0.4, 0.5) is 4.79 Å². The van der Waals surface area contributed by atoms with Gasteiger partial charge in [0.2, 0.25) is 0 Å². The normalized spacial score (nSPS) is 14.3. The van der Waals surface area contributed by atoms with Gasteiger partial charge in [-0.25, -0.2) is 9.69 Å². The van der Waals surface area contributed by atoms with E-state index in [1.807, 2.05) is 11.5 Å². The maximum Gasteiger partial charge on any atom is 0.334 e. The minimum atomic E-state index is -0.984. The summed E-state index contributed by atoms with van der Waals surface area (Å²) in [6, 6.07) is 0.910. The van der Waals surface area contributed by atoms with Gasteiger partial charge in [0.05, 0.1) is 13.7 Å². The first-order chi connectivity index (χ1) is 12.7. The Morgan fingerprint density at radius 2 is 1.70 bits per heavy atom. The number of rotatable bonds is 8. The van der Waals surface area contributed by atoms with Crippen molar-refractivity contribution in [3.05, 3.63) is 23.0 Å². The van der Waals surface area contributed by atoms with E-state index in [4.69, 9.17) is 0 Å². The number of amides is 4. The fraction of sp³-hybridized carbons (Fsp3) is 0.500. The van der Waals surface area contributed by atoms with Gasteiger partial charge < -0.3 is 9.30 Å². The van der Waals surface area contributed by atoms with Gasteiger partial charge >= 0.3 is 23.8 Å². The summed E-state index contributed by atoms with van der Waals surface area (Å²) in [7, 11) is 1.33. The molecule has 146 valence electrons. The average Bonchev–Trinajstić information content (AvgIpc) is 3.03. The number of esters is 1. The molecule has 0 aliphatic carbocycles. The van der Waals surface area contributed by atoms with Crippen LogP contribution in [0.2, 0.25) is 0 Å². The number of likely N-dealkylation sites (N-methyl/N-ethyl adjacent to an activating group) is 1. The second kappa shape index (κ2) is 8.15. The monoisotopic (exact) mass is 377 g/mol. The summed E-state index contributed by atoms with van der Waals surface area (Å²) in [6.45, 7) is 5.29. The minimum Gasteiger partial charge on any atom is -0.469 e. The Morgan fingerprint density at radius 1 is 1.07 bits per heavy atom. The topological polar surface area (TPSA) is 106 Å². The summed E-state index contributed by atoms with van der Waals surface area (Å²) >= 11 is 0. The molecule has 0 spiro atoms. The Kier molecular flexibility index (Phi) is 6.14. The molecule has 0 radical (unpaired) electrons. The van der Waals surface area contributed by atoms with Crippen molar-refractivity contribution in [2.75, 3.05) is 20.2 Å². The van der Waals surface area contributed by atoms with E-state index in [1.165, 1.54) is 7.11 Å². The summed E-state index contributed by atoms with van der Waals surface area (Å²) < 4.78 is 6.51. The molecule has 0 atom stereocenters. The van der Waals surface area contributed by atoms with Crippen molar-refractivity contribution < 1.29 is 28.7 Å². The Hall–Kier alpha value is -2.97. The molecule has 1 aliphatic heterocycles. The predicted octanol–water partition coefficient (Wildman–Crippen LogP) is 1.05. The molecular formula is C18H23N3O6. The Balaban J connectivity index is 2.12.